The first kappa shape index (κ1) is 28.5. The molecule has 0 saturated heterocycles. The molecule has 1 aliphatic carbocycles. The van der Waals surface area contributed by atoms with Crippen molar-refractivity contribution < 1.29 is 4.79 Å². The van der Waals surface area contributed by atoms with Gasteiger partial charge in [0.15, 0.2) is 0 Å². The normalized spacial score (nSPS) is 13.8. The van der Waals surface area contributed by atoms with E-state index in [0.717, 1.165) is 71.3 Å². The number of aryl methyl sites for hydroxylation is 1. The standard InChI is InChI=1S/C33H39N9O/c1-2-3-13-31-35-29-19-18-26(34-21-32(43)37-36-25-9-5-4-6-10-25)20-30(29)42(31)22-23-14-16-24(17-15-23)27-11-7-8-12-28(27)33-38-40-41-39-33/h7-8,11-12,14-20,25,34,36H,2-6,9-10,13,21-22H2,1H3,(H,37,43)(H,38,39,40,41). The average molecular weight is 578 g/mol. The van der Waals surface area contributed by atoms with Crippen molar-refractivity contribution in [2.24, 2.45) is 0 Å². The number of aromatic nitrogens is 6. The zero-order chi connectivity index (χ0) is 29.4. The number of H-pyrrole nitrogens is 1. The molecule has 43 heavy (non-hydrogen) atoms. The van der Waals surface area contributed by atoms with Crippen LogP contribution in [0.2, 0.25) is 0 Å². The molecule has 4 N–H and O–H groups in total. The van der Waals surface area contributed by atoms with E-state index in [2.05, 4.69) is 84.7 Å². The monoisotopic (exact) mass is 577 g/mol. The molecule has 1 fully saturated rings. The number of nitrogens with zero attached hydrogens (tertiary/aromatic N) is 5. The SMILES string of the molecule is CCCCc1nc2ccc(NCC(=O)NNC3CCCCC3)cc2n1Cc1ccc(-c2ccccc2-c2nn[nH]n2)cc1. The Hall–Kier alpha value is -4.57. The molecule has 1 amide bonds. The molecular formula is C33H39N9O. The minimum absolute atomic E-state index is 0.0659. The molecule has 1 saturated carbocycles. The summed E-state index contributed by atoms with van der Waals surface area (Å²) in [6.07, 6.45) is 9.06. The van der Waals surface area contributed by atoms with Gasteiger partial charge in [-0.2, -0.15) is 5.21 Å². The molecule has 222 valence electrons. The molecule has 0 aliphatic heterocycles. The number of amides is 1. The summed E-state index contributed by atoms with van der Waals surface area (Å²) in [4.78, 5) is 17.5. The molecule has 0 radical (unpaired) electrons. The smallest absolute Gasteiger partial charge is 0.253 e. The fourth-order valence-electron chi connectivity index (χ4n) is 5.82. The number of tetrazole rings is 1. The number of carbonyl (C=O) groups is 1. The van der Waals surface area contributed by atoms with Gasteiger partial charge in [0.05, 0.1) is 17.6 Å². The predicted octanol–water partition coefficient (Wildman–Crippen LogP) is 5.64. The second-order valence-electron chi connectivity index (χ2n) is 11.3. The van der Waals surface area contributed by atoms with Crippen LogP contribution in [0.4, 0.5) is 5.69 Å². The molecule has 0 bridgehead atoms. The largest absolute Gasteiger partial charge is 0.376 e. The van der Waals surface area contributed by atoms with E-state index in [4.69, 9.17) is 4.98 Å². The fraction of sp³-hybridized carbons (Fsp3) is 0.364. The Morgan fingerprint density at radius 1 is 1.00 bits per heavy atom. The molecule has 1 aliphatic rings. The lowest BCUT2D eigenvalue weighted by molar-refractivity contribution is -0.120. The van der Waals surface area contributed by atoms with Gasteiger partial charge in [0.2, 0.25) is 5.82 Å². The van der Waals surface area contributed by atoms with Crippen molar-refractivity contribution in [1.82, 2.24) is 41.0 Å². The zero-order valence-corrected chi connectivity index (χ0v) is 24.6. The van der Waals surface area contributed by atoms with Gasteiger partial charge in [0.1, 0.15) is 5.82 Å². The number of unbranched alkanes of at least 4 members (excludes halogenated alkanes) is 1. The van der Waals surface area contributed by atoms with Crippen LogP contribution in [0.15, 0.2) is 66.7 Å². The van der Waals surface area contributed by atoms with Gasteiger partial charge in [-0.1, -0.05) is 81.1 Å². The maximum Gasteiger partial charge on any atom is 0.253 e. The molecule has 6 rings (SSSR count). The van der Waals surface area contributed by atoms with Crippen LogP contribution in [0.5, 0.6) is 0 Å². The summed E-state index contributed by atoms with van der Waals surface area (Å²) in [5, 5.41) is 17.9. The lowest BCUT2D eigenvalue weighted by Crippen LogP contribution is -2.47. The lowest BCUT2D eigenvalue weighted by atomic mass is 9.96. The van der Waals surface area contributed by atoms with E-state index in [0.29, 0.717) is 18.4 Å². The molecule has 5 aromatic rings. The van der Waals surface area contributed by atoms with Crippen molar-refractivity contribution in [2.45, 2.75) is 70.9 Å². The minimum Gasteiger partial charge on any atom is -0.376 e. The number of hydrogen-bond donors (Lipinski definition) is 4. The number of hydrogen-bond acceptors (Lipinski definition) is 7. The van der Waals surface area contributed by atoms with Crippen LogP contribution in [0, 0.1) is 0 Å². The highest BCUT2D eigenvalue weighted by Crippen LogP contribution is 2.30. The van der Waals surface area contributed by atoms with Gasteiger partial charge in [-0.15, -0.1) is 10.2 Å². The second-order valence-corrected chi connectivity index (χ2v) is 11.3. The number of rotatable bonds is 12. The summed E-state index contributed by atoms with van der Waals surface area (Å²) in [6.45, 7) is 3.11. The summed E-state index contributed by atoms with van der Waals surface area (Å²) >= 11 is 0. The van der Waals surface area contributed by atoms with E-state index >= 15 is 0 Å². The van der Waals surface area contributed by atoms with E-state index < -0.39 is 0 Å². The topological polar surface area (TPSA) is 125 Å². The number of benzene rings is 3. The third kappa shape index (κ3) is 6.91. The summed E-state index contributed by atoms with van der Waals surface area (Å²) in [5.74, 6) is 1.59. The number of imidazole rings is 1. The Balaban J connectivity index is 1.18. The van der Waals surface area contributed by atoms with Gasteiger partial charge in [0, 0.05) is 30.3 Å². The maximum absolute atomic E-state index is 12.5. The fourth-order valence-corrected chi connectivity index (χ4v) is 5.82. The zero-order valence-electron chi connectivity index (χ0n) is 24.6. The van der Waals surface area contributed by atoms with E-state index in [1.165, 1.54) is 24.8 Å². The van der Waals surface area contributed by atoms with E-state index in [-0.39, 0.29) is 12.5 Å². The number of fused-ring (bicyclic) bond motifs is 1. The minimum atomic E-state index is -0.0659. The highest BCUT2D eigenvalue weighted by molar-refractivity contribution is 5.84. The average Bonchev–Trinajstić information content (AvgIpc) is 3.71. The number of carbonyl (C=O) groups excluding carboxylic acids is 1. The van der Waals surface area contributed by atoms with Crippen LogP contribution in [0.3, 0.4) is 0 Å². The second kappa shape index (κ2) is 13.6. The highest BCUT2D eigenvalue weighted by atomic mass is 16.2. The van der Waals surface area contributed by atoms with Gasteiger partial charge in [-0.25, -0.2) is 10.4 Å². The number of hydrazine groups is 1. The highest BCUT2D eigenvalue weighted by Gasteiger charge is 2.15. The van der Waals surface area contributed by atoms with Crippen molar-refractivity contribution in [2.75, 3.05) is 11.9 Å². The Bertz CT molecular complexity index is 1640. The molecule has 0 atom stereocenters. The van der Waals surface area contributed by atoms with Crippen LogP contribution >= 0.6 is 0 Å². The first-order valence-electron chi connectivity index (χ1n) is 15.4. The summed E-state index contributed by atoms with van der Waals surface area (Å²) in [6, 6.07) is 23.2. The number of nitrogens with one attached hydrogen (secondary N) is 4. The van der Waals surface area contributed by atoms with Crippen LogP contribution < -0.4 is 16.2 Å². The van der Waals surface area contributed by atoms with Gasteiger partial charge in [-0.3, -0.25) is 10.2 Å². The van der Waals surface area contributed by atoms with Crippen molar-refractivity contribution >= 4 is 22.6 Å². The van der Waals surface area contributed by atoms with Gasteiger partial charge in [-0.05, 0) is 59.4 Å². The van der Waals surface area contributed by atoms with Crippen LogP contribution in [-0.4, -0.2) is 48.7 Å². The Labute approximate surface area is 251 Å². The molecular weight excluding hydrogens is 538 g/mol. The summed E-state index contributed by atoms with van der Waals surface area (Å²) < 4.78 is 2.31. The molecule has 0 spiro atoms. The van der Waals surface area contributed by atoms with Crippen LogP contribution in [0.25, 0.3) is 33.5 Å². The molecule has 2 aromatic heterocycles. The molecule has 2 heterocycles. The lowest BCUT2D eigenvalue weighted by Gasteiger charge is -2.23. The van der Waals surface area contributed by atoms with Gasteiger partial charge in [0.25, 0.3) is 5.91 Å². The van der Waals surface area contributed by atoms with Crippen molar-refractivity contribution in [3.05, 3.63) is 78.1 Å². The van der Waals surface area contributed by atoms with E-state index in [1.54, 1.807) is 0 Å². The Morgan fingerprint density at radius 3 is 2.58 bits per heavy atom. The molecule has 10 nitrogen and oxygen atoms in total. The first-order chi connectivity index (χ1) is 21.2. The van der Waals surface area contributed by atoms with Gasteiger partial charge < -0.3 is 9.88 Å². The van der Waals surface area contributed by atoms with Gasteiger partial charge >= 0.3 is 0 Å². The van der Waals surface area contributed by atoms with E-state index in [1.807, 2.05) is 30.3 Å². The molecule has 10 heteroatoms. The van der Waals surface area contributed by atoms with Crippen molar-refractivity contribution in [1.29, 1.82) is 0 Å². The van der Waals surface area contributed by atoms with E-state index in [9.17, 15) is 4.79 Å². The molecule has 0 unspecified atom stereocenters. The summed E-state index contributed by atoms with van der Waals surface area (Å²) in [5.41, 5.74) is 13.3. The third-order valence-electron chi connectivity index (χ3n) is 8.17. The van der Waals surface area contributed by atoms with Crippen molar-refractivity contribution in [3.63, 3.8) is 0 Å². The maximum atomic E-state index is 12.5. The van der Waals surface area contributed by atoms with Crippen LogP contribution in [-0.2, 0) is 17.8 Å². The first-order valence-corrected chi connectivity index (χ1v) is 15.4. The summed E-state index contributed by atoms with van der Waals surface area (Å²) in [7, 11) is 0. The third-order valence-corrected chi connectivity index (χ3v) is 8.17. The van der Waals surface area contributed by atoms with Crippen molar-refractivity contribution in [3.8, 4) is 22.5 Å². The number of anilines is 1. The van der Waals surface area contributed by atoms with Crippen LogP contribution in [0.1, 0.15) is 63.3 Å². The Morgan fingerprint density at radius 2 is 1.81 bits per heavy atom. The Kier molecular flexibility index (Phi) is 9.03. The quantitative estimate of drug-likeness (QED) is 0.141. The molecule has 3 aromatic carbocycles. The number of aromatic amines is 1. The predicted molar refractivity (Wildman–Crippen MR) is 169 cm³/mol.